The van der Waals surface area contributed by atoms with E-state index >= 15 is 0 Å². The van der Waals surface area contributed by atoms with Gasteiger partial charge in [-0.05, 0) is 12.5 Å². The van der Waals surface area contributed by atoms with Gasteiger partial charge in [0.25, 0.3) is 0 Å². The van der Waals surface area contributed by atoms with Crippen LogP contribution in [0.4, 0.5) is 4.39 Å². The Labute approximate surface area is 114 Å². The fraction of sp³-hybridized carbons (Fsp3) is 0.417. The molecule has 1 aromatic rings. The predicted molar refractivity (Wildman–Crippen MR) is 65.4 cm³/mol. The van der Waals surface area contributed by atoms with E-state index in [9.17, 15) is 24.2 Å². The number of pyridine rings is 1. The molecule has 0 saturated carbocycles. The number of nitrogens with zero attached hydrogens (tertiary/aromatic N) is 1. The molecule has 1 aromatic heterocycles. The normalized spacial score (nSPS) is 13.6. The van der Waals surface area contributed by atoms with Gasteiger partial charge < -0.3 is 20.6 Å². The maximum absolute atomic E-state index is 13.1. The lowest BCUT2D eigenvalue weighted by Gasteiger charge is -2.18. The lowest BCUT2D eigenvalue weighted by Crippen LogP contribution is -2.27. The van der Waals surface area contributed by atoms with Crippen LogP contribution >= 0.6 is 0 Å². The lowest BCUT2D eigenvalue weighted by atomic mass is 10.0. The van der Waals surface area contributed by atoms with Crippen molar-refractivity contribution in [1.29, 1.82) is 0 Å². The summed E-state index contributed by atoms with van der Waals surface area (Å²) < 4.78 is 13.1. The maximum Gasteiger partial charge on any atom is 0.340 e. The van der Waals surface area contributed by atoms with Crippen molar-refractivity contribution in [3.05, 3.63) is 29.3 Å². The first-order valence-electron chi connectivity index (χ1n) is 5.82. The molecule has 8 heteroatoms. The molecule has 0 aromatic carbocycles. The molecular formula is C12H15FN2O5. The Morgan fingerprint density at radius 2 is 2.10 bits per heavy atom. The Morgan fingerprint density at radius 3 is 2.65 bits per heavy atom. The first-order valence-corrected chi connectivity index (χ1v) is 5.82. The smallest absolute Gasteiger partial charge is 0.340 e. The largest absolute Gasteiger partial charge is 0.478 e. The molecule has 7 nitrogen and oxygen atoms in total. The van der Waals surface area contributed by atoms with Crippen LogP contribution in [0.2, 0.25) is 0 Å². The van der Waals surface area contributed by atoms with Crippen LogP contribution in [0.5, 0.6) is 0 Å². The van der Waals surface area contributed by atoms with Gasteiger partial charge in [-0.1, -0.05) is 0 Å². The summed E-state index contributed by atoms with van der Waals surface area (Å²) in [6.07, 6.45) is -1.65. The van der Waals surface area contributed by atoms with E-state index in [1.165, 1.54) is 6.92 Å². The third-order valence-corrected chi connectivity index (χ3v) is 2.61. The Bertz CT molecular complexity index is 509. The van der Waals surface area contributed by atoms with Gasteiger partial charge in [0.2, 0.25) is 11.9 Å². The van der Waals surface area contributed by atoms with Gasteiger partial charge in [-0.15, -0.1) is 0 Å². The summed E-state index contributed by atoms with van der Waals surface area (Å²) in [6, 6.07) is 0.914. The molecule has 2 unspecified atom stereocenters. The van der Waals surface area contributed by atoms with Gasteiger partial charge in [-0.2, -0.15) is 4.39 Å². The first kappa shape index (κ1) is 16.0. The van der Waals surface area contributed by atoms with Gasteiger partial charge in [-0.3, -0.25) is 4.79 Å². The standard InChI is InChI=1S/C12H15FN2O5/c1-6(16)14-3-2-9(17)10(18)7-4-8(12(19)20)11(13)15-5-7/h4-5,9-10,17-18H,2-3H2,1H3,(H,14,16)(H,19,20). The third-order valence-electron chi connectivity index (χ3n) is 2.61. The summed E-state index contributed by atoms with van der Waals surface area (Å²) in [4.78, 5) is 24.6. The van der Waals surface area contributed by atoms with E-state index in [0.29, 0.717) is 0 Å². The average Bonchev–Trinajstić information content (AvgIpc) is 2.37. The number of aliphatic hydroxyl groups is 2. The van der Waals surface area contributed by atoms with Gasteiger partial charge in [0.05, 0.1) is 6.10 Å². The summed E-state index contributed by atoms with van der Waals surface area (Å²) in [6.45, 7) is 1.46. The van der Waals surface area contributed by atoms with Gasteiger partial charge >= 0.3 is 5.97 Å². The van der Waals surface area contributed by atoms with Gasteiger partial charge in [0.1, 0.15) is 11.7 Å². The Morgan fingerprint density at radius 1 is 1.45 bits per heavy atom. The number of halogens is 1. The molecule has 1 rings (SSSR count). The summed E-state index contributed by atoms with van der Waals surface area (Å²) in [7, 11) is 0. The van der Waals surface area contributed by atoms with Gasteiger partial charge in [0, 0.05) is 25.2 Å². The number of carbonyl (C=O) groups is 2. The summed E-state index contributed by atoms with van der Waals surface area (Å²) in [5.74, 6) is -2.96. The molecule has 0 fully saturated rings. The van der Waals surface area contributed by atoms with Crippen LogP contribution in [0.15, 0.2) is 12.3 Å². The monoisotopic (exact) mass is 286 g/mol. The van der Waals surface area contributed by atoms with Crippen molar-refractivity contribution >= 4 is 11.9 Å². The minimum absolute atomic E-state index is 0.0147. The predicted octanol–water partition coefficient (Wildman–Crippen LogP) is -0.161. The van der Waals surface area contributed by atoms with E-state index in [2.05, 4.69) is 10.3 Å². The number of carboxylic acid groups (broad SMARTS) is 1. The maximum atomic E-state index is 13.1. The van der Waals surface area contributed by atoms with E-state index in [0.717, 1.165) is 12.3 Å². The third kappa shape index (κ3) is 4.25. The van der Waals surface area contributed by atoms with Crippen molar-refractivity contribution < 1.29 is 29.3 Å². The zero-order valence-corrected chi connectivity index (χ0v) is 10.7. The van der Waals surface area contributed by atoms with E-state index in [4.69, 9.17) is 5.11 Å². The van der Waals surface area contributed by atoms with E-state index in [1.807, 2.05) is 0 Å². The van der Waals surface area contributed by atoms with E-state index in [1.54, 1.807) is 0 Å². The summed E-state index contributed by atoms with van der Waals surface area (Å²) in [5.41, 5.74) is -0.699. The summed E-state index contributed by atoms with van der Waals surface area (Å²) >= 11 is 0. The number of hydrogen-bond acceptors (Lipinski definition) is 5. The van der Waals surface area contributed by atoms with Gasteiger partial charge in [0.15, 0.2) is 0 Å². The minimum Gasteiger partial charge on any atom is -0.478 e. The Hall–Kier alpha value is -2.06. The number of hydrogen-bond donors (Lipinski definition) is 4. The van der Waals surface area contributed by atoms with Crippen LogP contribution in [-0.4, -0.2) is 44.8 Å². The molecule has 0 saturated heterocycles. The van der Waals surface area contributed by atoms with Crippen LogP contribution in [0.3, 0.4) is 0 Å². The highest BCUT2D eigenvalue weighted by molar-refractivity contribution is 5.87. The van der Waals surface area contributed by atoms with E-state index in [-0.39, 0.29) is 24.4 Å². The average molecular weight is 286 g/mol. The zero-order valence-electron chi connectivity index (χ0n) is 10.7. The topological polar surface area (TPSA) is 120 Å². The minimum atomic E-state index is -1.52. The lowest BCUT2D eigenvalue weighted by molar-refractivity contribution is -0.119. The van der Waals surface area contributed by atoms with Crippen molar-refractivity contribution in [1.82, 2.24) is 10.3 Å². The number of carboxylic acids is 1. The van der Waals surface area contributed by atoms with E-state index < -0.39 is 29.7 Å². The number of rotatable bonds is 6. The highest BCUT2D eigenvalue weighted by Crippen LogP contribution is 2.20. The second-order valence-corrected chi connectivity index (χ2v) is 4.20. The number of amides is 1. The van der Waals surface area contributed by atoms with Crippen LogP contribution in [-0.2, 0) is 4.79 Å². The molecule has 0 aliphatic heterocycles. The van der Waals surface area contributed by atoms with Crippen molar-refractivity contribution in [3.8, 4) is 0 Å². The number of nitrogens with one attached hydrogen (secondary N) is 1. The molecule has 110 valence electrons. The highest BCUT2D eigenvalue weighted by atomic mass is 19.1. The molecule has 1 heterocycles. The Kier molecular flexibility index (Phi) is 5.53. The molecular weight excluding hydrogens is 271 g/mol. The quantitative estimate of drug-likeness (QED) is 0.539. The van der Waals surface area contributed by atoms with Crippen molar-refractivity contribution in [3.63, 3.8) is 0 Å². The van der Waals surface area contributed by atoms with Crippen LogP contribution < -0.4 is 5.32 Å². The van der Waals surface area contributed by atoms with Crippen molar-refractivity contribution in [2.45, 2.75) is 25.6 Å². The SMILES string of the molecule is CC(=O)NCCC(O)C(O)c1cnc(F)c(C(=O)O)c1. The molecule has 0 spiro atoms. The van der Waals surface area contributed by atoms with Crippen LogP contribution in [0, 0.1) is 5.95 Å². The van der Waals surface area contributed by atoms with Crippen molar-refractivity contribution in [2.75, 3.05) is 6.54 Å². The molecule has 0 radical (unpaired) electrons. The number of aromatic nitrogens is 1. The molecule has 0 aliphatic rings. The zero-order chi connectivity index (χ0) is 15.3. The molecule has 0 aliphatic carbocycles. The second kappa shape index (κ2) is 6.92. The first-order chi connectivity index (χ1) is 9.32. The van der Waals surface area contributed by atoms with Crippen molar-refractivity contribution in [2.24, 2.45) is 0 Å². The molecule has 0 bridgehead atoms. The molecule has 20 heavy (non-hydrogen) atoms. The highest BCUT2D eigenvalue weighted by Gasteiger charge is 2.21. The van der Waals surface area contributed by atoms with Gasteiger partial charge in [-0.25, -0.2) is 9.78 Å². The molecule has 1 amide bonds. The molecule has 4 N–H and O–H groups in total. The second-order valence-electron chi connectivity index (χ2n) is 4.20. The summed E-state index contributed by atoms with van der Waals surface area (Å²) in [5, 5.41) is 30.7. The fourth-order valence-corrected chi connectivity index (χ4v) is 1.55. The number of carbonyl (C=O) groups excluding carboxylic acids is 1. The van der Waals surface area contributed by atoms with Crippen LogP contribution in [0.1, 0.15) is 35.4 Å². The number of aromatic carboxylic acids is 1. The number of aliphatic hydroxyl groups excluding tert-OH is 2. The van der Waals surface area contributed by atoms with Crippen LogP contribution in [0.25, 0.3) is 0 Å². The Balaban J connectivity index is 2.76. The molecule has 2 atom stereocenters. The fourth-order valence-electron chi connectivity index (χ4n) is 1.55.